The van der Waals surface area contributed by atoms with E-state index in [0.717, 1.165) is 18.8 Å². The van der Waals surface area contributed by atoms with Crippen molar-refractivity contribution >= 4 is 5.91 Å². The fourth-order valence-electron chi connectivity index (χ4n) is 6.17. The molecule has 0 aromatic heterocycles. The summed E-state index contributed by atoms with van der Waals surface area (Å²) in [5.41, 5.74) is 6.27. The molecule has 0 radical (unpaired) electrons. The molecule has 20 heavy (non-hydrogen) atoms. The van der Waals surface area contributed by atoms with Gasteiger partial charge in [-0.05, 0) is 55.3 Å². The molecule has 0 spiro atoms. The summed E-state index contributed by atoms with van der Waals surface area (Å²) < 4.78 is 5.27. The molecule has 4 aliphatic rings. The minimum Gasteiger partial charge on any atom is -0.370 e. The quantitative estimate of drug-likeness (QED) is 0.755. The predicted molar refractivity (Wildman–Crippen MR) is 78.2 cm³/mol. The standard InChI is InChI=1S/C16H28N2O2/c1-14-5-12-6-15(2,9-14)11-16(7-12,10-14)18-13(19)8-20-4-3-17/h12H,3-11,17H2,1-2H3,(H,18,19). The van der Waals surface area contributed by atoms with Crippen molar-refractivity contribution in [1.82, 2.24) is 5.32 Å². The van der Waals surface area contributed by atoms with Crippen LogP contribution in [0.25, 0.3) is 0 Å². The molecule has 4 fully saturated rings. The molecule has 114 valence electrons. The lowest BCUT2D eigenvalue weighted by atomic mass is 9.43. The van der Waals surface area contributed by atoms with Crippen molar-refractivity contribution < 1.29 is 9.53 Å². The van der Waals surface area contributed by atoms with Gasteiger partial charge in [-0.1, -0.05) is 13.8 Å². The lowest BCUT2D eigenvalue weighted by molar-refractivity contribution is -0.143. The van der Waals surface area contributed by atoms with E-state index in [9.17, 15) is 4.79 Å². The highest BCUT2D eigenvalue weighted by Gasteiger charge is 2.60. The van der Waals surface area contributed by atoms with Crippen LogP contribution in [0, 0.1) is 16.7 Å². The Balaban J connectivity index is 1.68. The van der Waals surface area contributed by atoms with Crippen LogP contribution in [0.3, 0.4) is 0 Å². The average Bonchev–Trinajstić information content (AvgIpc) is 2.22. The second-order valence-corrected chi connectivity index (χ2v) is 8.30. The van der Waals surface area contributed by atoms with Crippen molar-refractivity contribution in [2.75, 3.05) is 19.8 Å². The van der Waals surface area contributed by atoms with E-state index in [-0.39, 0.29) is 18.1 Å². The maximum Gasteiger partial charge on any atom is 0.246 e. The summed E-state index contributed by atoms with van der Waals surface area (Å²) in [7, 11) is 0. The second kappa shape index (κ2) is 4.70. The lowest BCUT2D eigenvalue weighted by Crippen LogP contribution is -2.65. The fraction of sp³-hybridized carbons (Fsp3) is 0.938. The van der Waals surface area contributed by atoms with Crippen LogP contribution in [0.15, 0.2) is 0 Å². The van der Waals surface area contributed by atoms with Crippen molar-refractivity contribution in [2.24, 2.45) is 22.5 Å². The summed E-state index contributed by atoms with van der Waals surface area (Å²) in [6.45, 7) is 5.91. The minimum atomic E-state index is 0.0338. The fourth-order valence-corrected chi connectivity index (χ4v) is 6.17. The molecular weight excluding hydrogens is 252 g/mol. The average molecular weight is 280 g/mol. The lowest BCUT2D eigenvalue weighted by Gasteiger charge is -2.65. The van der Waals surface area contributed by atoms with Gasteiger partial charge in [0.2, 0.25) is 5.91 Å². The zero-order valence-corrected chi connectivity index (χ0v) is 12.8. The Kier molecular flexibility index (Phi) is 3.37. The molecule has 0 aliphatic heterocycles. The van der Waals surface area contributed by atoms with Crippen LogP contribution < -0.4 is 11.1 Å². The van der Waals surface area contributed by atoms with E-state index in [1.807, 2.05) is 0 Å². The van der Waals surface area contributed by atoms with Crippen molar-refractivity contribution in [3.05, 3.63) is 0 Å². The molecule has 3 N–H and O–H groups in total. The third kappa shape index (κ3) is 2.60. The smallest absolute Gasteiger partial charge is 0.246 e. The largest absolute Gasteiger partial charge is 0.370 e. The molecule has 2 atom stereocenters. The number of ether oxygens (including phenoxy) is 1. The second-order valence-electron chi connectivity index (χ2n) is 8.30. The van der Waals surface area contributed by atoms with Gasteiger partial charge in [-0.25, -0.2) is 0 Å². The van der Waals surface area contributed by atoms with Gasteiger partial charge in [-0.2, -0.15) is 0 Å². The Morgan fingerprint density at radius 3 is 2.40 bits per heavy atom. The highest BCUT2D eigenvalue weighted by Crippen LogP contribution is 2.66. The molecule has 4 heteroatoms. The van der Waals surface area contributed by atoms with Crippen LogP contribution in [0.2, 0.25) is 0 Å². The summed E-state index contributed by atoms with van der Waals surface area (Å²) in [5.74, 6) is 0.833. The van der Waals surface area contributed by atoms with Gasteiger partial charge in [0.1, 0.15) is 6.61 Å². The maximum absolute atomic E-state index is 12.1. The van der Waals surface area contributed by atoms with Gasteiger partial charge >= 0.3 is 0 Å². The number of amides is 1. The first-order valence-corrected chi connectivity index (χ1v) is 7.95. The number of hydrogen-bond donors (Lipinski definition) is 2. The molecule has 2 unspecified atom stereocenters. The Labute approximate surface area is 121 Å². The first kappa shape index (κ1) is 14.3. The number of rotatable bonds is 5. The van der Waals surface area contributed by atoms with Crippen LogP contribution in [-0.4, -0.2) is 31.2 Å². The van der Waals surface area contributed by atoms with Crippen molar-refractivity contribution in [3.8, 4) is 0 Å². The van der Waals surface area contributed by atoms with Crippen LogP contribution in [0.5, 0.6) is 0 Å². The summed E-state index contributed by atoms with van der Waals surface area (Å²) in [4.78, 5) is 12.1. The number of carbonyl (C=O) groups excluding carboxylic acids is 1. The number of hydrogen-bond acceptors (Lipinski definition) is 3. The maximum atomic E-state index is 12.1. The molecule has 4 nitrogen and oxygen atoms in total. The molecule has 0 aromatic carbocycles. The van der Waals surface area contributed by atoms with Gasteiger partial charge in [-0.3, -0.25) is 4.79 Å². The molecule has 0 saturated heterocycles. The van der Waals surface area contributed by atoms with E-state index in [1.54, 1.807) is 0 Å². The SMILES string of the molecule is CC12CC3CC(C)(C1)CC(NC(=O)COCCN)(C3)C2. The molecule has 4 bridgehead atoms. The number of nitrogens with one attached hydrogen (secondary N) is 1. The number of nitrogens with two attached hydrogens (primary N) is 1. The molecule has 0 heterocycles. The first-order valence-electron chi connectivity index (χ1n) is 7.95. The third-order valence-corrected chi connectivity index (χ3v) is 5.53. The zero-order chi connectivity index (χ0) is 14.4. The summed E-state index contributed by atoms with van der Waals surface area (Å²) in [6.07, 6.45) is 7.50. The van der Waals surface area contributed by atoms with Crippen LogP contribution >= 0.6 is 0 Å². The van der Waals surface area contributed by atoms with E-state index < -0.39 is 0 Å². The van der Waals surface area contributed by atoms with Gasteiger partial charge in [0.15, 0.2) is 0 Å². The van der Waals surface area contributed by atoms with Gasteiger partial charge in [-0.15, -0.1) is 0 Å². The Morgan fingerprint density at radius 1 is 1.20 bits per heavy atom. The Bertz CT molecular complexity index is 391. The van der Waals surface area contributed by atoms with E-state index >= 15 is 0 Å². The first-order chi connectivity index (χ1) is 9.36. The van der Waals surface area contributed by atoms with Crippen molar-refractivity contribution in [1.29, 1.82) is 0 Å². The Morgan fingerprint density at radius 2 is 1.85 bits per heavy atom. The van der Waals surface area contributed by atoms with Crippen LogP contribution in [0.1, 0.15) is 52.4 Å². The number of carbonyl (C=O) groups is 1. The summed E-state index contributed by atoms with van der Waals surface area (Å²) in [5, 5.41) is 3.33. The highest BCUT2D eigenvalue weighted by molar-refractivity contribution is 5.78. The predicted octanol–water partition coefficient (Wildman–Crippen LogP) is 1.83. The summed E-state index contributed by atoms with van der Waals surface area (Å²) in [6, 6.07) is 0. The van der Waals surface area contributed by atoms with Crippen molar-refractivity contribution in [2.45, 2.75) is 57.9 Å². The molecule has 4 aliphatic carbocycles. The van der Waals surface area contributed by atoms with Crippen molar-refractivity contribution in [3.63, 3.8) is 0 Å². The molecule has 0 aromatic rings. The van der Waals surface area contributed by atoms with Gasteiger partial charge in [0, 0.05) is 12.1 Å². The molecule has 1 amide bonds. The normalized spacial score (nSPS) is 45.6. The van der Waals surface area contributed by atoms with E-state index in [2.05, 4.69) is 19.2 Å². The molecule has 4 saturated carbocycles. The minimum absolute atomic E-state index is 0.0338. The molecule has 4 rings (SSSR count). The van der Waals surface area contributed by atoms with Gasteiger partial charge < -0.3 is 15.8 Å². The summed E-state index contributed by atoms with van der Waals surface area (Å²) >= 11 is 0. The van der Waals surface area contributed by atoms with E-state index in [1.165, 1.54) is 25.7 Å². The third-order valence-electron chi connectivity index (χ3n) is 5.53. The van der Waals surface area contributed by atoms with E-state index in [4.69, 9.17) is 10.5 Å². The topological polar surface area (TPSA) is 64.3 Å². The van der Waals surface area contributed by atoms with Gasteiger partial charge in [0.25, 0.3) is 0 Å². The van der Waals surface area contributed by atoms with Gasteiger partial charge in [0.05, 0.1) is 6.61 Å². The monoisotopic (exact) mass is 280 g/mol. The Hall–Kier alpha value is -0.610. The zero-order valence-electron chi connectivity index (χ0n) is 12.8. The highest BCUT2D eigenvalue weighted by atomic mass is 16.5. The molecular formula is C16H28N2O2. The van der Waals surface area contributed by atoms with E-state index in [0.29, 0.717) is 24.0 Å². The van der Waals surface area contributed by atoms with Crippen LogP contribution in [0.4, 0.5) is 0 Å². The van der Waals surface area contributed by atoms with Crippen LogP contribution in [-0.2, 0) is 9.53 Å².